The number of hydrogen-bond acceptors (Lipinski definition) is 3. The molecule has 0 spiro atoms. The van der Waals surface area contributed by atoms with Crippen LogP contribution >= 0.6 is 0 Å². The molecule has 0 radical (unpaired) electrons. The maximum absolute atomic E-state index is 10.8. The summed E-state index contributed by atoms with van der Waals surface area (Å²) in [7, 11) is 0. The van der Waals surface area contributed by atoms with Gasteiger partial charge in [0.25, 0.3) is 0 Å². The van der Waals surface area contributed by atoms with Crippen molar-refractivity contribution in [3.63, 3.8) is 0 Å². The number of unbranched alkanes of at least 4 members (excludes halogenated alkanes) is 6. The van der Waals surface area contributed by atoms with Gasteiger partial charge < -0.3 is 14.6 Å². The van der Waals surface area contributed by atoms with E-state index in [1.807, 2.05) is 42.5 Å². The lowest BCUT2D eigenvalue weighted by Crippen LogP contribution is -2.25. The molecule has 0 atom stereocenters. The summed E-state index contributed by atoms with van der Waals surface area (Å²) in [5.41, 5.74) is 2.56. The molecule has 3 aromatic carbocycles. The lowest BCUT2D eigenvalue weighted by Gasteiger charge is -2.32. The molecule has 0 aliphatic rings. The Bertz CT molecular complexity index is 935. The number of ether oxygens (including phenoxy) is 2. The largest absolute Gasteiger partial charge is 0.508 e. The van der Waals surface area contributed by atoms with Crippen molar-refractivity contribution in [2.24, 2.45) is 0 Å². The van der Waals surface area contributed by atoms with E-state index in [1.165, 1.54) is 38.5 Å². The quantitative estimate of drug-likeness (QED) is 0.177. The Morgan fingerprint density at radius 3 is 1.49 bits per heavy atom. The van der Waals surface area contributed by atoms with Crippen LogP contribution in [0.25, 0.3) is 0 Å². The minimum Gasteiger partial charge on any atom is -0.508 e. The lowest BCUT2D eigenvalue weighted by molar-refractivity contribution is 0.305. The van der Waals surface area contributed by atoms with E-state index in [2.05, 4.69) is 45.0 Å². The van der Waals surface area contributed by atoms with E-state index in [-0.39, 0.29) is 0 Å². The zero-order valence-corrected chi connectivity index (χ0v) is 21.8. The van der Waals surface area contributed by atoms with Gasteiger partial charge in [-0.2, -0.15) is 0 Å². The number of phenols is 1. The van der Waals surface area contributed by atoms with Crippen molar-refractivity contribution in [3.05, 3.63) is 89.5 Å². The average molecular weight is 475 g/mol. The smallest absolute Gasteiger partial charge is 0.120 e. The normalized spacial score (nSPS) is 11.4. The number of para-hydroxylation sites is 1. The van der Waals surface area contributed by atoms with Crippen LogP contribution in [0.2, 0.25) is 0 Å². The summed E-state index contributed by atoms with van der Waals surface area (Å²) >= 11 is 0. The van der Waals surface area contributed by atoms with Crippen molar-refractivity contribution < 1.29 is 14.6 Å². The Labute approximate surface area is 212 Å². The minimum absolute atomic E-state index is 0.294. The Morgan fingerprint density at radius 1 is 0.600 bits per heavy atom. The standard InChI is InChI=1S/C32H42O3/c1-4-6-8-12-24-34-28-20-16-26(17-21-28)32(3,30-14-10-11-15-31(30)33)27-18-22-29(23-19-27)35-25-13-9-7-5-2/h10-11,14-23,33H,4-9,12-13,24-25H2,1-3H3. The first-order valence-corrected chi connectivity index (χ1v) is 13.3. The van der Waals surface area contributed by atoms with Gasteiger partial charge in [0.15, 0.2) is 0 Å². The summed E-state index contributed by atoms with van der Waals surface area (Å²) in [5, 5.41) is 10.8. The second kappa shape index (κ2) is 13.8. The Hall–Kier alpha value is -2.94. The van der Waals surface area contributed by atoms with Gasteiger partial charge in [-0.1, -0.05) is 94.8 Å². The van der Waals surface area contributed by atoms with Crippen LogP contribution in [0.15, 0.2) is 72.8 Å². The van der Waals surface area contributed by atoms with Crippen molar-refractivity contribution in [2.45, 2.75) is 77.6 Å². The molecule has 0 amide bonds. The van der Waals surface area contributed by atoms with Crippen molar-refractivity contribution >= 4 is 0 Å². The van der Waals surface area contributed by atoms with Gasteiger partial charge in [0.1, 0.15) is 17.2 Å². The van der Waals surface area contributed by atoms with Gasteiger partial charge in [0.2, 0.25) is 0 Å². The van der Waals surface area contributed by atoms with Gasteiger partial charge in [0, 0.05) is 11.0 Å². The van der Waals surface area contributed by atoms with Crippen LogP contribution in [0.3, 0.4) is 0 Å². The van der Waals surface area contributed by atoms with Crippen LogP contribution in [0.5, 0.6) is 17.2 Å². The SMILES string of the molecule is CCCCCCOc1ccc(C(C)(c2ccc(OCCCCCC)cc2)c2ccccc2O)cc1. The van der Waals surface area contributed by atoms with Crippen LogP contribution < -0.4 is 9.47 Å². The van der Waals surface area contributed by atoms with Crippen LogP contribution in [0.4, 0.5) is 0 Å². The van der Waals surface area contributed by atoms with Crippen molar-refractivity contribution in [3.8, 4) is 17.2 Å². The van der Waals surface area contributed by atoms with E-state index in [0.717, 1.165) is 54.2 Å². The highest BCUT2D eigenvalue weighted by Crippen LogP contribution is 2.43. The van der Waals surface area contributed by atoms with Crippen LogP contribution in [0.1, 0.15) is 88.8 Å². The Morgan fingerprint density at radius 2 is 1.06 bits per heavy atom. The molecule has 0 saturated carbocycles. The number of aromatic hydroxyl groups is 1. The maximum atomic E-state index is 10.8. The fourth-order valence-electron chi connectivity index (χ4n) is 4.58. The molecule has 0 saturated heterocycles. The van der Waals surface area contributed by atoms with Crippen LogP contribution in [-0.4, -0.2) is 18.3 Å². The van der Waals surface area contributed by atoms with Crippen molar-refractivity contribution in [2.75, 3.05) is 13.2 Å². The number of rotatable bonds is 15. The van der Waals surface area contributed by atoms with E-state index in [9.17, 15) is 5.11 Å². The fraction of sp³-hybridized carbons (Fsp3) is 0.438. The highest BCUT2D eigenvalue weighted by molar-refractivity contribution is 5.55. The molecule has 3 nitrogen and oxygen atoms in total. The molecule has 0 aliphatic carbocycles. The maximum Gasteiger partial charge on any atom is 0.120 e. The van der Waals surface area contributed by atoms with Crippen LogP contribution in [-0.2, 0) is 5.41 Å². The van der Waals surface area contributed by atoms with Gasteiger partial charge in [-0.05, 0) is 61.2 Å². The number of hydrogen-bond donors (Lipinski definition) is 1. The lowest BCUT2D eigenvalue weighted by atomic mass is 9.70. The zero-order valence-electron chi connectivity index (χ0n) is 21.8. The molecule has 3 aromatic rings. The molecular formula is C32H42O3. The van der Waals surface area contributed by atoms with Gasteiger partial charge in [-0.25, -0.2) is 0 Å². The van der Waals surface area contributed by atoms with Gasteiger partial charge in [0.05, 0.1) is 13.2 Å². The molecule has 0 aromatic heterocycles. The monoisotopic (exact) mass is 474 g/mol. The van der Waals surface area contributed by atoms with Gasteiger partial charge >= 0.3 is 0 Å². The van der Waals surface area contributed by atoms with Gasteiger partial charge in [-0.15, -0.1) is 0 Å². The highest BCUT2D eigenvalue weighted by Gasteiger charge is 2.33. The third-order valence-corrected chi connectivity index (χ3v) is 6.84. The fourth-order valence-corrected chi connectivity index (χ4v) is 4.58. The molecule has 188 valence electrons. The minimum atomic E-state index is -0.523. The molecule has 0 bridgehead atoms. The van der Waals surface area contributed by atoms with E-state index < -0.39 is 5.41 Å². The first-order chi connectivity index (χ1) is 17.1. The molecule has 3 heteroatoms. The first-order valence-electron chi connectivity index (χ1n) is 13.3. The predicted octanol–water partition coefficient (Wildman–Crippen LogP) is 8.66. The topological polar surface area (TPSA) is 38.7 Å². The second-order valence-corrected chi connectivity index (χ2v) is 9.51. The summed E-state index contributed by atoms with van der Waals surface area (Å²) in [5.74, 6) is 2.07. The summed E-state index contributed by atoms with van der Waals surface area (Å²) in [6, 6.07) is 24.3. The Kier molecular flexibility index (Phi) is 10.5. The van der Waals surface area contributed by atoms with E-state index in [0.29, 0.717) is 5.75 Å². The Balaban J connectivity index is 1.80. The molecule has 0 aliphatic heterocycles. The summed E-state index contributed by atoms with van der Waals surface area (Å²) in [6.45, 7) is 8.10. The summed E-state index contributed by atoms with van der Waals surface area (Å²) in [6.07, 6.45) is 9.54. The van der Waals surface area contributed by atoms with Crippen molar-refractivity contribution in [1.82, 2.24) is 0 Å². The van der Waals surface area contributed by atoms with Crippen molar-refractivity contribution in [1.29, 1.82) is 0 Å². The molecule has 35 heavy (non-hydrogen) atoms. The molecular weight excluding hydrogens is 432 g/mol. The number of phenolic OH excluding ortho intramolecular Hbond substituents is 1. The molecule has 1 N–H and O–H groups in total. The van der Waals surface area contributed by atoms with Gasteiger partial charge in [-0.3, -0.25) is 0 Å². The predicted molar refractivity (Wildman–Crippen MR) is 146 cm³/mol. The first kappa shape index (κ1) is 26.7. The van der Waals surface area contributed by atoms with Crippen LogP contribution in [0, 0.1) is 0 Å². The third kappa shape index (κ3) is 7.27. The molecule has 0 fully saturated rings. The third-order valence-electron chi connectivity index (χ3n) is 6.84. The molecule has 0 heterocycles. The van der Waals surface area contributed by atoms with E-state index in [1.54, 1.807) is 6.07 Å². The zero-order chi connectivity index (χ0) is 24.9. The van der Waals surface area contributed by atoms with E-state index >= 15 is 0 Å². The molecule has 3 rings (SSSR count). The number of benzene rings is 3. The summed E-state index contributed by atoms with van der Waals surface area (Å²) in [4.78, 5) is 0. The van der Waals surface area contributed by atoms with E-state index in [4.69, 9.17) is 9.47 Å². The summed E-state index contributed by atoms with van der Waals surface area (Å²) < 4.78 is 11.9. The second-order valence-electron chi connectivity index (χ2n) is 9.51. The average Bonchev–Trinajstić information content (AvgIpc) is 2.89. The highest BCUT2D eigenvalue weighted by atomic mass is 16.5. The molecule has 0 unspecified atom stereocenters.